The number of hydrogen-bond donors (Lipinski definition) is 0. The summed E-state index contributed by atoms with van der Waals surface area (Å²) in [7, 11) is 1.13. The van der Waals surface area contributed by atoms with E-state index in [9.17, 15) is 17.2 Å². The van der Waals surface area contributed by atoms with Crippen molar-refractivity contribution in [3.63, 3.8) is 0 Å². The van der Waals surface area contributed by atoms with Crippen molar-refractivity contribution in [2.24, 2.45) is 0 Å². The van der Waals surface area contributed by atoms with Gasteiger partial charge in [0.2, 0.25) is 0 Å². The van der Waals surface area contributed by atoms with Gasteiger partial charge in [0, 0.05) is 16.9 Å². The van der Waals surface area contributed by atoms with Crippen molar-refractivity contribution in [1.82, 2.24) is 9.78 Å². The van der Waals surface area contributed by atoms with Crippen LogP contribution in [0, 0.1) is 3.70 Å². The molecule has 80 valence electrons. The minimum absolute atomic E-state index is 0.0817. The van der Waals surface area contributed by atoms with E-state index in [4.69, 9.17) is 10.7 Å². The second kappa shape index (κ2) is 4.27. The molecule has 0 atom stereocenters. The first-order chi connectivity index (χ1) is 6.30. The third-order valence-corrected chi connectivity index (χ3v) is 3.76. The lowest BCUT2D eigenvalue weighted by molar-refractivity contribution is 0.121. The van der Waals surface area contributed by atoms with Gasteiger partial charge in [-0.15, -0.1) is 0 Å². The highest BCUT2D eigenvalue weighted by molar-refractivity contribution is 14.1. The number of rotatable bonds is 3. The number of nitrogens with zero attached hydrogens (tertiary/aromatic N) is 2. The van der Waals surface area contributed by atoms with Gasteiger partial charge in [0.15, 0.2) is 0 Å². The summed E-state index contributed by atoms with van der Waals surface area (Å²) >= 11 is 1.61. The standard InChI is InChI=1S/C5H4ClF2IN2O2S/c6-14(12,13)3-1-11(2-4(7)8)10-5(3)9/h1,4H,2H2. The Labute approximate surface area is 96.8 Å². The van der Waals surface area contributed by atoms with Crippen molar-refractivity contribution < 1.29 is 17.2 Å². The number of alkyl halides is 2. The van der Waals surface area contributed by atoms with Gasteiger partial charge in [-0.1, -0.05) is 0 Å². The van der Waals surface area contributed by atoms with E-state index in [1.165, 1.54) is 0 Å². The van der Waals surface area contributed by atoms with E-state index in [0.717, 1.165) is 10.9 Å². The average Bonchev–Trinajstić information content (AvgIpc) is 2.27. The van der Waals surface area contributed by atoms with Gasteiger partial charge in [0.05, 0.1) is 0 Å². The Morgan fingerprint density at radius 1 is 1.64 bits per heavy atom. The molecule has 1 heterocycles. The molecule has 9 heteroatoms. The van der Waals surface area contributed by atoms with Crippen LogP contribution in [-0.4, -0.2) is 24.6 Å². The lowest BCUT2D eigenvalue weighted by Gasteiger charge is -1.97. The maximum Gasteiger partial charge on any atom is 0.265 e. The summed E-state index contributed by atoms with van der Waals surface area (Å²) in [5.74, 6) is 0. The van der Waals surface area contributed by atoms with Crippen LogP contribution >= 0.6 is 33.3 Å². The predicted molar refractivity (Wildman–Crippen MR) is 54.0 cm³/mol. The molecule has 0 bridgehead atoms. The molecule has 0 aliphatic rings. The summed E-state index contributed by atoms with van der Waals surface area (Å²) in [4.78, 5) is -0.250. The van der Waals surface area contributed by atoms with Gasteiger partial charge in [-0.05, 0) is 22.6 Å². The van der Waals surface area contributed by atoms with Crippen LogP contribution in [0.1, 0.15) is 0 Å². The Balaban J connectivity index is 3.06. The summed E-state index contributed by atoms with van der Waals surface area (Å²) in [5.41, 5.74) is 0. The molecule has 4 nitrogen and oxygen atoms in total. The lowest BCUT2D eigenvalue weighted by atomic mass is 10.7. The molecule has 0 spiro atoms. The predicted octanol–water partition coefficient (Wildman–Crippen LogP) is 1.68. The van der Waals surface area contributed by atoms with E-state index in [2.05, 4.69) is 5.10 Å². The third kappa shape index (κ3) is 3.02. The SMILES string of the molecule is O=S(=O)(Cl)c1cn(CC(F)F)nc1I. The molecule has 14 heavy (non-hydrogen) atoms. The van der Waals surface area contributed by atoms with E-state index < -0.39 is 22.0 Å². The van der Waals surface area contributed by atoms with Gasteiger partial charge in [0.1, 0.15) is 15.1 Å². The average molecular weight is 357 g/mol. The van der Waals surface area contributed by atoms with E-state index in [0.29, 0.717) is 0 Å². The molecule has 0 N–H and O–H groups in total. The van der Waals surface area contributed by atoms with Gasteiger partial charge in [0.25, 0.3) is 15.5 Å². The zero-order chi connectivity index (χ0) is 10.9. The molecule has 0 aliphatic carbocycles. The van der Waals surface area contributed by atoms with Crippen LogP contribution in [0.2, 0.25) is 0 Å². The van der Waals surface area contributed by atoms with Crippen molar-refractivity contribution in [2.75, 3.05) is 0 Å². The number of hydrogen-bond acceptors (Lipinski definition) is 3. The molecule has 0 aromatic carbocycles. The molecule has 1 aromatic heterocycles. The molecule has 0 aliphatic heterocycles. The monoisotopic (exact) mass is 356 g/mol. The number of aromatic nitrogens is 2. The van der Waals surface area contributed by atoms with E-state index in [-0.39, 0.29) is 8.60 Å². The highest BCUT2D eigenvalue weighted by atomic mass is 127. The second-order valence-electron chi connectivity index (χ2n) is 2.34. The fourth-order valence-electron chi connectivity index (χ4n) is 0.778. The smallest absolute Gasteiger partial charge is 0.265 e. The van der Waals surface area contributed by atoms with Crippen molar-refractivity contribution in [2.45, 2.75) is 17.9 Å². The maximum absolute atomic E-state index is 11.9. The van der Waals surface area contributed by atoms with Crippen LogP contribution in [0.5, 0.6) is 0 Å². The van der Waals surface area contributed by atoms with Gasteiger partial charge in [-0.2, -0.15) is 5.10 Å². The van der Waals surface area contributed by atoms with Crippen LogP contribution in [0.4, 0.5) is 8.78 Å². The van der Waals surface area contributed by atoms with Crippen molar-refractivity contribution in [3.8, 4) is 0 Å². The minimum Gasteiger partial charge on any atom is -0.265 e. The fraction of sp³-hybridized carbons (Fsp3) is 0.400. The highest BCUT2D eigenvalue weighted by Gasteiger charge is 2.19. The summed E-state index contributed by atoms with van der Waals surface area (Å²) in [6.07, 6.45) is -1.60. The molecule has 0 radical (unpaired) electrons. The number of halogens is 4. The first kappa shape index (κ1) is 12.1. The molecular weight excluding hydrogens is 352 g/mol. The van der Waals surface area contributed by atoms with Crippen molar-refractivity contribution in [3.05, 3.63) is 9.90 Å². The Hall–Kier alpha value is 0.0400. The molecule has 0 saturated carbocycles. The Kier molecular flexibility index (Phi) is 3.69. The van der Waals surface area contributed by atoms with Crippen LogP contribution in [0.15, 0.2) is 11.1 Å². The van der Waals surface area contributed by atoms with Crippen LogP contribution in [0.25, 0.3) is 0 Å². The van der Waals surface area contributed by atoms with Gasteiger partial charge in [-0.25, -0.2) is 17.2 Å². The summed E-state index contributed by atoms with van der Waals surface area (Å²) < 4.78 is 46.5. The van der Waals surface area contributed by atoms with Crippen LogP contribution in [0.3, 0.4) is 0 Å². The maximum atomic E-state index is 11.9. The Morgan fingerprint density at radius 3 is 2.57 bits per heavy atom. The molecule has 1 rings (SSSR count). The first-order valence-electron chi connectivity index (χ1n) is 3.26. The first-order valence-corrected chi connectivity index (χ1v) is 6.65. The third-order valence-electron chi connectivity index (χ3n) is 1.27. The van der Waals surface area contributed by atoms with Gasteiger partial charge in [-0.3, -0.25) is 4.68 Å². The van der Waals surface area contributed by atoms with Gasteiger partial charge >= 0.3 is 0 Å². The molecular formula is C5H4ClF2IN2O2S. The topological polar surface area (TPSA) is 52.0 Å². The molecule has 0 unspecified atom stereocenters. The largest absolute Gasteiger partial charge is 0.265 e. The molecule has 0 amide bonds. The molecule has 1 aromatic rings. The molecule has 0 fully saturated rings. The summed E-state index contributed by atoms with van der Waals surface area (Å²) in [6, 6.07) is 0. The highest BCUT2D eigenvalue weighted by Crippen LogP contribution is 2.20. The zero-order valence-corrected chi connectivity index (χ0v) is 10.2. The van der Waals surface area contributed by atoms with E-state index >= 15 is 0 Å². The van der Waals surface area contributed by atoms with Crippen molar-refractivity contribution >= 4 is 42.3 Å². The van der Waals surface area contributed by atoms with E-state index in [1.54, 1.807) is 22.6 Å². The van der Waals surface area contributed by atoms with Crippen LogP contribution in [-0.2, 0) is 15.6 Å². The molecule has 0 saturated heterocycles. The lowest BCUT2D eigenvalue weighted by Crippen LogP contribution is -2.06. The summed E-state index contributed by atoms with van der Waals surface area (Å²) in [6.45, 7) is -0.650. The fourth-order valence-corrected chi connectivity index (χ4v) is 3.28. The normalized spacial score (nSPS) is 12.4. The zero-order valence-electron chi connectivity index (χ0n) is 6.49. The Bertz CT molecular complexity index is 433. The quantitative estimate of drug-likeness (QED) is 0.612. The summed E-state index contributed by atoms with van der Waals surface area (Å²) in [5, 5.41) is 3.58. The van der Waals surface area contributed by atoms with Gasteiger partial charge < -0.3 is 0 Å². The van der Waals surface area contributed by atoms with E-state index in [1.807, 2.05) is 0 Å². The van der Waals surface area contributed by atoms with Crippen LogP contribution < -0.4 is 0 Å². The minimum atomic E-state index is -3.91. The second-order valence-corrected chi connectivity index (χ2v) is 5.89. The van der Waals surface area contributed by atoms with Crippen molar-refractivity contribution in [1.29, 1.82) is 0 Å². The Morgan fingerprint density at radius 2 is 2.21 bits per heavy atom.